The molecule has 0 unspecified atom stereocenters. The lowest BCUT2D eigenvalue weighted by molar-refractivity contribution is 0.288. The average Bonchev–Trinajstić information content (AvgIpc) is 3.47. The molecule has 0 bridgehead atoms. The summed E-state index contributed by atoms with van der Waals surface area (Å²) in [7, 11) is -4.12. The molecule has 0 saturated heterocycles. The van der Waals surface area contributed by atoms with Gasteiger partial charge in [-0.1, -0.05) is 31.5 Å². The minimum absolute atomic E-state index is 0.0248. The SMILES string of the molecule is [2H]C([2H])(CO)C([2H])([2H])c1c(C(C)C)n(-c2ccc(F)cc2)c2cc3cnn(S(=O)(=O)c4ccc(C)cc4)c3cc12. The Morgan fingerprint density at radius 3 is 2.39 bits per heavy atom. The van der Waals surface area contributed by atoms with Gasteiger partial charge in [-0.15, -0.1) is 0 Å². The predicted octanol–water partition coefficient (Wildman–Crippen LogP) is 5.71. The Morgan fingerprint density at radius 1 is 1.06 bits per heavy atom. The van der Waals surface area contributed by atoms with E-state index in [1.807, 2.05) is 20.8 Å². The van der Waals surface area contributed by atoms with E-state index in [1.165, 1.54) is 48.7 Å². The Kier molecular flexibility index (Phi) is 5.02. The minimum atomic E-state index is -4.12. The molecule has 2 aromatic heterocycles. The first-order valence-corrected chi connectivity index (χ1v) is 12.9. The number of rotatable bonds is 7. The monoisotopic (exact) mass is 509 g/mol. The van der Waals surface area contributed by atoms with Gasteiger partial charge in [0.2, 0.25) is 0 Å². The van der Waals surface area contributed by atoms with Crippen molar-refractivity contribution < 1.29 is 23.4 Å². The molecular weight excluding hydrogens is 477 g/mol. The van der Waals surface area contributed by atoms with E-state index >= 15 is 0 Å². The van der Waals surface area contributed by atoms with Crippen LogP contribution in [-0.4, -0.2) is 33.9 Å². The van der Waals surface area contributed by atoms with Crippen LogP contribution in [0.2, 0.25) is 0 Å². The first kappa shape index (κ1) is 19.7. The van der Waals surface area contributed by atoms with E-state index in [9.17, 15) is 17.9 Å². The zero-order chi connectivity index (χ0) is 29.2. The normalized spacial score (nSPS) is 14.7. The van der Waals surface area contributed by atoms with Crippen LogP contribution in [0.1, 0.15) is 48.4 Å². The molecule has 2 heterocycles. The average molecular weight is 510 g/mol. The van der Waals surface area contributed by atoms with Gasteiger partial charge in [0.05, 0.1) is 22.1 Å². The number of aliphatic hydroxyl groups excluding tert-OH is 1. The van der Waals surface area contributed by atoms with E-state index in [2.05, 4.69) is 5.10 Å². The van der Waals surface area contributed by atoms with Gasteiger partial charge < -0.3 is 9.67 Å². The second-order valence-corrected chi connectivity index (χ2v) is 10.7. The van der Waals surface area contributed by atoms with E-state index in [0.29, 0.717) is 22.3 Å². The van der Waals surface area contributed by atoms with Crippen molar-refractivity contribution >= 4 is 31.8 Å². The number of halogens is 1. The highest BCUT2D eigenvalue weighted by molar-refractivity contribution is 7.90. The number of fused-ring (bicyclic) bond motifs is 2. The van der Waals surface area contributed by atoms with Crippen LogP contribution in [0.4, 0.5) is 4.39 Å². The van der Waals surface area contributed by atoms with E-state index in [4.69, 9.17) is 5.48 Å². The van der Waals surface area contributed by atoms with Gasteiger partial charge in [-0.25, -0.2) is 4.39 Å². The number of aromatic nitrogens is 3. The number of aliphatic hydroxyl groups is 1. The van der Waals surface area contributed by atoms with Gasteiger partial charge in [-0.3, -0.25) is 0 Å². The zero-order valence-corrected chi connectivity index (χ0v) is 20.8. The molecule has 5 aromatic rings. The topological polar surface area (TPSA) is 77.1 Å². The highest BCUT2D eigenvalue weighted by Gasteiger charge is 2.25. The van der Waals surface area contributed by atoms with Crippen molar-refractivity contribution in [3.63, 3.8) is 0 Å². The number of benzene rings is 3. The quantitative estimate of drug-likeness (QED) is 0.305. The minimum Gasteiger partial charge on any atom is -0.396 e. The fourth-order valence-corrected chi connectivity index (χ4v) is 5.75. The van der Waals surface area contributed by atoms with Crippen LogP contribution < -0.4 is 0 Å². The van der Waals surface area contributed by atoms with Gasteiger partial charge in [-0.05, 0) is 79.7 Å². The molecule has 0 radical (unpaired) electrons. The molecule has 0 amide bonds. The van der Waals surface area contributed by atoms with Crippen LogP contribution >= 0.6 is 0 Å². The Labute approximate surface area is 215 Å². The molecule has 0 aliphatic rings. The first-order valence-electron chi connectivity index (χ1n) is 13.5. The summed E-state index contributed by atoms with van der Waals surface area (Å²) >= 11 is 0. The second-order valence-electron chi connectivity index (χ2n) is 8.92. The highest BCUT2D eigenvalue weighted by atomic mass is 32.2. The van der Waals surface area contributed by atoms with Crippen LogP contribution in [0, 0.1) is 12.7 Å². The molecule has 0 fully saturated rings. The molecule has 1 N–H and O–H groups in total. The Balaban J connectivity index is 1.91. The molecule has 0 aliphatic carbocycles. The zero-order valence-electron chi connectivity index (χ0n) is 24.0. The molecular formula is C28H28FN3O3S. The number of hydrogen-bond acceptors (Lipinski definition) is 4. The van der Waals surface area contributed by atoms with Gasteiger partial charge in [0.15, 0.2) is 0 Å². The molecule has 0 atom stereocenters. The fourth-order valence-electron chi connectivity index (χ4n) is 4.48. The lowest BCUT2D eigenvalue weighted by Crippen LogP contribution is -2.14. The molecule has 0 saturated carbocycles. The molecule has 186 valence electrons. The van der Waals surface area contributed by atoms with Crippen LogP contribution in [0.5, 0.6) is 0 Å². The smallest absolute Gasteiger partial charge is 0.283 e. The summed E-state index contributed by atoms with van der Waals surface area (Å²) in [6, 6.07) is 15.1. The van der Waals surface area contributed by atoms with Gasteiger partial charge in [0.25, 0.3) is 10.0 Å². The van der Waals surface area contributed by atoms with Gasteiger partial charge in [0.1, 0.15) is 5.82 Å². The molecule has 6 nitrogen and oxygen atoms in total. The fraction of sp³-hybridized carbons (Fsp3) is 0.250. The van der Waals surface area contributed by atoms with E-state index in [0.717, 1.165) is 9.65 Å². The standard InChI is InChI=1S/C28H28FN3O3S/c1-18(2)28-24(5-4-14-33)25-16-26-20(15-27(25)31(28)22-10-8-21(29)9-11-22)17-30-32(26)36(34,35)23-12-6-19(3)7-13-23/h6-13,15-18,33H,4-5,14H2,1-3H3/i4D2,5D2. The van der Waals surface area contributed by atoms with Crippen molar-refractivity contribution in [3.05, 3.63) is 89.5 Å². The summed E-state index contributed by atoms with van der Waals surface area (Å²) in [6.07, 6.45) is -3.97. The predicted molar refractivity (Wildman–Crippen MR) is 140 cm³/mol. The Hall–Kier alpha value is -3.49. The maximum Gasteiger partial charge on any atom is 0.283 e. The van der Waals surface area contributed by atoms with Crippen LogP contribution in [0.3, 0.4) is 0 Å². The third-order valence-electron chi connectivity index (χ3n) is 6.13. The lowest BCUT2D eigenvalue weighted by atomic mass is 9.99. The number of aryl methyl sites for hydroxylation is 2. The summed E-state index contributed by atoms with van der Waals surface area (Å²) in [6.45, 7) is 4.41. The highest BCUT2D eigenvalue weighted by Crippen LogP contribution is 2.37. The molecule has 0 spiro atoms. The van der Waals surface area contributed by atoms with E-state index in [1.54, 1.807) is 22.8 Å². The summed E-state index contributed by atoms with van der Waals surface area (Å²) < 4.78 is 78.1. The molecule has 8 heteroatoms. The maximum absolute atomic E-state index is 13.8. The number of hydrogen-bond donors (Lipinski definition) is 1. The maximum atomic E-state index is 13.8. The first-order chi connectivity index (χ1) is 18.7. The van der Waals surface area contributed by atoms with Crippen molar-refractivity contribution in [2.75, 3.05) is 6.61 Å². The molecule has 36 heavy (non-hydrogen) atoms. The largest absolute Gasteiger partial charge is 0.396 e. The third-order valence-corrected chi connectivity index (χ3v) is 7.74. The van der Waals surface area contributed by atoms with Crippen LogP contribution in [0.25, 0.3) is 27.5 Å². The van der Waals surface area contributed by atoms with Gasteiger partial charge >= 0.3 is 0 Å². The summed E-state index contributed by atoms with van der Waals surface area (Å²) in [5.74, 6) is -0.795. The van der Waals surface area contributed by atoms with Crippen molar-refractivity contribution in [1.82, 2.24) is 13.8 Å². The van der Waals surface area contributed by atoms with Crippen molar-refractivity contribution in [1.29, 1.82) is 0 Å². The molecule has 5 rings (SSSR count). The Bertz CT molecular complexity index is 1850. The summed E-state index contributed by atoms with van der Waals surface area (Å²) in [5.41, 5.74) is 2.43. The summed E-state index contributed by atoms with van der Waals surface area (Å²) in [4.78, 5) is 0.0297. The van der Waals surface area contributed by atoms with E-state index < -0.39 is 35.2 Å². The van der Waals surface area contributed by atoms with Crippen molar-refractivity contribution in [3.8, 4) is 5.69 Å². The molecule has 0 aliphatic heterocycles. The van der Waals surface area contributed by atoms with E-state index in [-0.39, 0.29) is 27.3 Å². The third kappa shape index (κ3) is 4.00. The number of nitrogens with zero attached hydrogens (tertiary/aromatic N) is 3. The van der Waals surface area contributed by atoms with Gasteiger partial charge in [0, 0.05) is 34.2 Å². The Morgan fingerprint density at radius 2 is 1.75 bits per heavy atom. The summed E-state index contributed by atoms with van der Waals surface area (Å²) in [5, 5.41) is 14.7. The van der Waals surface area contributed by atoms with Crippen molar-refractivity contribution in [2.45, 2.75) is 44.3 Å². The van der Waals surface area contributed by atoms with Crippen LogP contribution in [0.15, 0.2) is 71.8 Å². The van der Waals surface area contributed by atoms with Gasteiger partial charge in [-0.2, -0.15) is 17.6 Å². The van der Waals surface area contributed by atoms with Crippen molar-refractivity contribution in [2.24, 2.45) is 0 Å². The molecule has 3 aromatic carbocycles. The lowest BCUT2D eigenvalue weighted by Gasteiger charge is -2.15. The second kappa shape index (κ2) is 9.19. The van der Waals surface area contributed by atoms with Crippen LogP contribution in [-0.2, 0) is 16.4 Å².